The summed E-state index contributed by atoms with van der Waals surface area (Å²) in [6.07, 6.45) is 1.01. The molecule has 1 atom stereocenters. The van der Waals surface area contributed by atoms with Gasteiger partial charge in [0.15, 0.2) is 5.69 Å². The number of aryl methyl sites for hydroxylation is 3. The van der Waals surface area contributed by atoms with Crippen LogP contribution in [0.25, 0.3) is 11.1 Å². The number of carboxylic acid groups (broad SMARTS) is 1. The first-order valence-electron chi connectivity index (χ1n) is 10.0. The number of anilines is 1. The Kier molecular flexibility index (Phi) is 6.63. The summed E-state index contributed by atoms with van der Waals surface area (Å²) in [5.74, 6) is -1.47. The van der Waals surface area contributed by atoms with E-state index in [2.05, 4.69) is 10.6 Å². The van der Waals surface area contributed by atoms with E-state index in [9.17, 15) is 24.6 Å². The number of amides is 2. The molecular formula is C24H25N3O5. The lowest BCUT2D eigenvalue weighted by atomic mass is 9.94. The Labute approximate surface area is 185 Å². The summed E-state index contributed by atoms with van der Waals surface area (Å²) in [7, 11) is 1.48. The van der Waals surface area contributed by atoms with Gasteiger partial charge in [0.2, 0.25) is 0 Å². The molecule has 0 fully saturated rings. The van der Waals surface area contributed by atoms with Crippen LogP contribution >= 0.6 is 0 Å². The number of aromatic nitrogens is 1. The molecule has 8 nitrogen and oxygen atoms in total. The van der Waals surface area contributed by atoms with E-state index in [0.717, 1.165) is 22.3 Å². The van der Waals surface area contributed by atoms with Crippen molar-refractivity contribution < 1.29 is 19.8 Å². The Morgan fingerprint density at radius 1 is 1.03 bits per heavy atom. The highest BCUT2D eigenvalue weighted by Crippen LogP contribution is 2.29. The molecule has 1 heterocycles. The summed E-state index contributed by atoms with van der Waals surface area (Å²) < 4.78 is 1.20. The summed E-state index contributed by atoms with van der Waals surface area (Å²) >= 11 is 0. The summed E-state index contributed by atoms with van der Waals surface area (Å²) in [4.78, 5) is 36.0. The first kappa shape index (κ1) is 22.6. The van der Waals surface area contributed by atoms with Gasteiger partial charge in [-0.25, -0.2) is 4.79 Å². The van der Waals surface area contributed by atoms with Crippen molar-refractivity contribution in [2.75, 3.05) is 5.32 Å². The molecule has 0 spiro atoms. The van der Waals surface area contributed by atoms with Crippen LogP contribution in [0.4, 0.5) is 10.5 Å². The molecule has 0 saturated carbocycles. The van der Waals surface area contributed by atoms with Crippen molar-refractivity contribution in [3.05, 3.63) is 81.8 Å². The first-order valence-corrected chi connectivity index (χ1v) is 10.0. The van der Waals surface area contributed by atoms with Gasteiger partial charge in [0, 0.05) is 13.2 Å². The average Bonchev–Trinajstić information content (AvgIpc) is 2.73. The number of nitrogens with one attached hydrogen (secondary N) is 2. The molecule has 3 aromatic rings. The van der Waals surface area contributed by atoms with Gasteiger partial charge in [-0.3, -0.25) is 9.59 Å². The second-order valence-corrected chi connectivity index (χ2v) is 7.63. The number of hydrogen-bond donors (Lipinski definition) is 4. The second-order valence-electron chi connectivity index (χ2n) is 7.63. The fraction of sp³-hybridized carbons (Fsp3) is 0.208. The van der Waals surface area contributed by atoms with Crippen molar-refractivity contribution in [1.29, 1.82) is 0 Å². The summed E-state index contributed by atoms with van der Waals surface area (Å²) in [5.41, 5.74) is 4.07. The van der Waals surface area contributed by atoms with Crippen LogP contribution in [-0.4, -0.2) is 26.8 Å². The van der Waals surface area contributed by atoms with Crippen molar-refractivity contribution in [2.24, 2.45) is 7.05 Å². The van der Waals surface area contributed by atoms with Crippen molar-refractivity contribution in [1.82, 2.24) is 9.88 Å². The van der Waals surface area contributed by atoms with Gasteiger partial charge in [-0.1, -0.05) is 42.5 Å². The number of carbonyl (C=O) groups is 2. The molecule has 0 aliphatic rings. The lowest BCUT2D eigenvalue weighted by Crippen LogP contribution is -2.35. The molecule has 0 radical (unpaired) electrons. The van der Waals surface area contributed by atoms with E-state index >= 15 is 0 Å². The number of benzene rings is 2. The number of carbonyl (C=O) groups excluding carboxylic acids is 1. The lowest BCUT2D eigenvalue weighted by molar-refractivity contribution is -0.137. The molecule has 2 aromatic carbocycles. The van der Waals surface area contributed by atoms with Crippen LogP contribution < -0.4 is 16.2 Å². The normalized spacial score (nSPS) is 11.6. The molecule has 1 aromatic heterocycles. The standard InChI is InChI=1S/C24H25N3O5/c1-14-5-4-6-15(2)21(14)17-9-7-16(8-10-17)18(13-20(29)30)25-24(32)26-22-19(28)11-12-27(3)23(22)31/h4-12,18,28H,13H2,1-3H3,(H,29,30)(H2,25,26,32)/t18-/m0/s1. The van der Waals surface area contributed by atoms with Gasteiger partial charge in [0.1, 0.15) is 5.75 Å². The Morgan fingerprint density at radius 3 is 2.25 bits per heavy atom. The fourth-order valence-corrected chi connectivity index (χ4v) is 3.62. The molecule has 3 rings (SSSR count). The summed E-state index contributed by atoms with van der Waals surface area (Å²) in [5, 5.41) is 24.1. The van der Waals surface area contributed by atoms with E-state index in [1.807, 2.05) is 44.2 Å². The van der Waals surface area contributed by atoms with Gasteiger partial charge in [-0.2, -0.15) is 0 Å². The maximum atomic E-state index is 12.5. The lowest BCUT2D eigenvalue weighted by Gasteiger charge is -2.19. The highest BCUT2D eigenvalue weighted by Gasteiger charge is 2.20. The van der Waals surface area contributed by atoms with Crippen LogP contribution in [0.2, 0.25) is 0 Å². The topological polar surface area (TPSA) is 121 Å². The predicted molar refractivity (Wildman–Crippen MR) is 122 cm³/mol. The zero-order valence-electron chi connectivity index (χ0n) is 18.0. The molecule has 8 heteroatoms. The number of aromatic hydroxyl groups is 1. The molecule has 0 saturated heterocycles. The number of pyridine rings is 1. The van der Waals surface area contributed by atoms with Crippen molar-refractivity contribution in [2.45, 2.75) is 26.3 Å². The Balaban J connectivity index is 1.84. The summed E-state index contributed by atoms with van der Waals surface area (Å²) in [6, 6.07) is 13.0. The number of aliphatic carboxylic acids is 1. The van der Waals surface area contributed by atoms with Crippen LogP contribution in [-0.2, 0) is 11.8 Å². The number of nitrogens with zero attached hydrogens (tertiary/aromatic N) is 1. The predicted octanol–water partition coefficient (Wildman–Crippen LogP) is 3.71. The van der Waals surface area contributed by atoms with Crippen LogP contribution in [0.3, 0.4) is 0 Å². The highest BCUT2D eigenvalue weighted by atomic mass is 16.4. The number of carboxylic acids is 1. The maximum absolute atomic E-state index is 12.5. The van der Waals surface area contributed by atoms with Crippen LogP contribution in [0, 0.1) is 13.8 Å². The zero-order chi connectivity index (χ0) is 23.4. The van der Waals surface area contributed by atoms with Crippen molar-refractivity contribution in [3.63, 3.8) is 0 Å². The van der Waals surface area contributed by atoms with E-state index < -0.39 is 23.6 Å². The van der Waals surface area contributed by atoms with E-state index in [1.165, 1.54) is 23.9 Å². The van der Waals surface area contributed by atoms with Crippen LogP contribution in [0.15, 0.2) is 59.5 Å². The maximum Gasteiger partial charge on any atom is 0.319 e. The quantitative estimate of drug-likeness (QED) is 0.470. The third kappa shape index (κ3) is 4.97. The molecule has 0 unspecified atom stereocenters. The van der Waals surface area contributed by atoms with Gasteiger partial charge >= 0.3 is 12.0 Å². The molecule has 166 valence electrons. The third-order valence-electron chi connectivity index (χ3n) is 5.25. The Morgan fingerprint density at radius 2 is 1.66 bits per heavy atom. The van der Waals surface area contributed by atoms with Crippen LogP contribution in [0.1, 0.15) is 29.2 Å². The second kappa shape index (κ2) is 9.38. The molecule has 32 heavy (non-hydrogen) atoms. The molecule has 0 aliphatic carbocycles. The molecule has 4 N–H and O–H groups in total. The molecular weight excluding hydrogens is 410 g/mol. The monoisotopic (exact) mass is 435 g/mol. The minimum absolute atomic E-state index is 0.285. The first-order chi connectivity index (χ1) is 15.2. The van der Waals surface area contributed by atoms with E-state index in [1.54, 1.807) is 12.1 Å². The SMILES string of the molecule is Cc1cccc(C)c1-c1ccc([C@H](CC(=O)O)NC(=O)Nc2c(O)ccn(C)c2=O)cc1. The average molecular weight is 435 g/mol. The van der Waals surface area contributed by atoms with E-state index in [4.69, 9.17) is 0 Å². The van der Waals surface area contributed by atoms with E-state index in [0.29, 0.717) is 5.56 Å². The van der Waals surface area contributed by atoms with Gasteiger partial charge in [0.05, 0.1) is 12.5 Å². The fourth-order valence-electron chi connectivity index (χ4n) is 3.62. The largest absolute Gasteiger partial charge is 0.505 e. The van der Waals surface area contributed by atoms with Crippen molar-refractivity contribution in [3.8, 4) is 16.9 Å². The van der Waals surface area contributed by atoms with Gasteiger partial charge in [-0.05, 0) is 47.7 Å². The van der Waals surface area contributed by atoms with Gasteiger partial charge in [-0.15, -0.1) is 0 Å². The molecule has 2 amide bonds. The van der Waals surface area contributed by atoms with Gasteiger partial charge in [0.25, 0.3) is 5.56 Å². The zero-order valence-corrected chi connectivity index (χ0v) is 18.0. The van der Waals surface area contributed by atoms with Gasteiger partial charge < -0.3 is 25.4 Å². The number of rotatable bonds is 6. The third-order valence-corrected chi connectivity index (χ3v) is 5.25. The smallest absolute Gasteiger partial charge is 0.319 e. The molecule has 0 bridgehead atoms. The minimum atomic E-state index is -1.09. The Hall–Kier alpha value is -4.07. The molecule has 0 aliphatic heterocycles. The minimum Gasteiger partial charge on any atom is -0.505 e. The number of urea groups is 1. The Bertz CT molecular complexity index is 1200. The summed E-state index contributed by atoms with van der Waals surface area (Å²) in [6.45, 7) is 4.05. The van der Waals surface area contributed by atoms with E-state index in [-0.39, 0.29) is 17.9 Å². The van der Waals surface area contributed by atoms with Crippen LogP contribution in [0.5, 0.6) is 5.75 Å². The van der Waals surface area contributed by atoms with Crippen molar-refractivity contribution >= 4 is 17.7 Å². The highest BCUT2D eigenvalue weighted by molar-refractivity contribution is 5.91. The number of hydrogen-bond acceptors (Lipinski definition) is 4.